The van der Waals surface area contributed by atoms with Crippen LogP contribution in [0.2, 0.25) is 0 Å². The number of hydrogen-bond donors (Lipinski definition) is 1. The third kappa shape index (κ3) is 2.25. The predicted octanol–water partition coefficient (Wildman–Crippen LogP) is 2.20. The number of imidazole rings is 1. The smallest absolute Gasteiger partial charge is 0.205 e. The zero-order valence-corrected chi connectivity index (χ0v) is 10.5. The highest BCUT2D eigenvalue weighted by Crippen LogP contribution is 2.24. The van der Waals surface area contributed by atoms with Crippen LogP contribution in [0, 0.1) is 0 Å². The summed E-state index contributed by atoms with van der Waals surface area (Å²) in [5.41, 5.74) is 7.79. The molecule has 0 saturated carbocycles. The minimum absolute atomic E-state index is 0.236. The predicted molar refractivity (Wildman–Crippen MR) is 70.9 cm³/mol. The lowest BCUT2D eigenvalue weighted by molar-refractivity contribution is 0.695. The van der Waals surface area contributed by atoms with Gasteiger partial charge in [0.15, 0.2) is 0 Å². The van der Waals surface area contributed by atoms with Gasteiger partial charge in [-0.2, -0.15) is 0 Å². The number of benzene rings is 1. The third-order valence-electron chi connectivity index (χ3n) is 3.09. The van der Waals surface area contributed by atoms with Crippen molar-refractivity contribution in [3.8, 4) is 0 Å². The molecule has 4 heteroatoms. The van der Waals surface area contributed by atoms with Crippen molar-refractivity contribution in [3.05, 3.63) is 42.2 Å². The highest BCUT2D eigenvalue weighted by Gasteiger charge is 2.15. The summed E-state index contributed by atoms with van der Waals surface area (Å²) in [5.74, 6) is 0.944. The summed E-state index contributed by atoms with van der Waals surface area (Å²) in [6.45, 7) is 2.14. The summed E-state index contributed by atoms with van der Waals surface area (Å²) in [7, 11) is 4.03. The van der Waals surface area contributed by atoms with Crippen molar-refractivity contribution >= 4 is 11.6 Å². The molecule has 0 spiro atoms. The molecule has 0 bridgehead atoms. The van der Waals surface area contributed by atoms with Crippen molar-refractivity contribution < 1.29 is 0 Å². The number of hydrogen-bond acceptors (Lipinski definition) is 3. The molecule has 0 radical (unpaired) electrons. The van der Waals surface area contributed by atoms with E-state index >= 15 is 0 Å². The molecule has 2 N–H and O–H groups in total. The summed E-state index contributed by atoms with van der Waals surface area (Å²) < 4.78 is 2.00. The maximum absolute atomic E-state index is 5.81. The molecule has 2 rings (SSSR count). The summed E-state index contributed by atoms with van der Waals surface area (Å²) in [5, 5.41) is 0. The van der Waals surface area contributed by atoms with E-state index < -0.39 is 0 Å². The molecule has 1 atom stereocenters. The molecule has 4 nitrogen and oxygen atoms in total. The van der Waals surface area contributed by atoms with Gasteiger partial charge in [0, 0.05) is 32.2 Å². The molecule has 0 aliphatic heterocycles. The van der Waals surface area contributed by atoms with E-state index in [2.05, 4.69) is 22.9 Å². The number of nitrogens with two attached hydrogens (primary N) is 1. The Hall–Kier alpha value is -1.97. The number of nitrogen functional groups attached to an aromatic ring is 1. The van der Waals surface area contributed by atoms with Crippen LogP contribution in [-0.4, -0.2) is 16.6 Å². The van der Waals surface area contributed by atoms with Gasteiger partial charge in [0.25, 0.3) is 0 Å². The second-order valence-corrected chi connectivity index (χ2v) is 4.30. The molecule has 1 heterocycles. The van der Waals surface area contributed by atoms with E-state index in [9.17, 15) is 0 Å². The molecule has 0 aliphatic rings. The molecule has 0 saturated heterocycles. The van der Waals surface area contributed by atoms with Crippen molar-refractivity contribution in [2.24, 2.45) is 7.05 Å². The van der Waals surface area contributed by atoms with E-state index in [1.54, 1.807) is 6.20 Å². The Bertz CT molecular complexity index is 504. The van der Waals surface area contributed by atoms with Gasteiger partial charge < -0.3 is 15.2 Å². The SMILES string of the molecule is CC(c1cccc(N)c1)N(C)c1nccn1C. The maximum Gasteiger partial charge on any atom is 0.205 e. The van der Waals surface area contributed by atoms with Crippen LogP contribution in [0.1, 0.15) is 18.5 Å². The molecule has 0 amide bonds. The standard InChI is InChI=1S/C13H18N4/c1-10(11-5-4-6-12(14)9-11)17(3)13-15-7-8-16(13)2/h4-10H,14H2,1-3H3. The number of aryl methyl sites for hydroxylation is 1. The van der Waals surface area contributed by atoms with Crippen LogP contribution in [0.4, 0.5) is 11.6 Å². The average molecular weight is 230 g/mol. The first-order chi connectivity index (χ1) is 8.09. The van der Waals surface area contributed by atoms with E-state index in [1.807, 2.05) is 43.1 Å². The van der Waals surface area contributed by atoms with Crippen LogP contribution in [0.3, 0.4) is 0 Å². The van der Waals surface area contributed by atoms with Gasteiger partial charge in [-0.15, -0.1) is 0 Å². The van der Waals surface area contributed by atoms with E-state index in [1.165, 1.54) is 5.56 Å². The highest BCUT2D eigenvalue weighted by molar-refractivity contribution is 5.44. The van der Waals surface area contributed by atoms with Gasteiger partial charge in [0.2, 0.25) is 5.95 Å². The number of aromatic nitrogens is 2. The van der Waals surface area contributed by atoms with Gasteiger partial charge in [-0.25, -0.2) is 4.98 Å². The Kier molecular flexibility index (Phi) is 3.04. The van der Waals surface area contributed by atoms with E-state index in [-0.39, 0.29) is 6.04 Å². The number of rotatable bonds is 3. The van der Waals surface area contributed by atoms with Crippen molar-refractivity contribution in [1.29, 1.82) is 0 Å². The molecular formula is C13H18N4. The maximum atomic E-state index is 5.81. The fourth-order valence-electron chi connectivity index (χ4n) is 1.91. The van der Waals surface area contributed by atoms with Gasteiger partial charge in [-0.3, -0.25) is 0 Å². The van der Waals surface area contributed by atoms with Gasteiger partial charge in [-0.05, 0) is 24.6 Å². The molecule has 90 valence electrons. The van der Waals surface area contributed by atoms with E-state index in [0.29, 0.717) is 0 Å². The molecular weight excluding hydrogens is 212 g/mol. The Balaban J connectivity index is 2.26. The van der Waals surface area contributed by atoms with Crippen molar-refractivity contribution in [2.45, 2.75) is 13.0 Å². The lowest BCUT2D eigenvalue weighted by Gasteiger charge is -2.26. The Morgan fingerprint density at radius 3 is 2.76 bits per heavy atom. The fourth-order valence-corrected chi connectivity index (χ4v) is 1.91. The van der Waals surface area contributed by atoms with Gasteiger partial charge in [-0.1, -0.05) is 12.1 Å². The summed E-state index contributed by atoms with van der Waals surface area (Å²) >= 11 is 0. The lowest BCUT2D eigenvalue weighted by Crippen LogP contribution is -2.24. The normalized spacial score (nSPS) is 12.4. The first-order valence-electron chi connectivity index (χ1n) is 5.65. The van der Waals surface area contributed by atoms with Crippen molar-refractivity contribution in [3.63, 3.8) is 0 Å². The minimum atomic E-state index is 0.236. The molecule has 0 aliphatic carbocycles. The zero-order valence-electron chi connectivity index (χ0n) is 10.5. The lowest BCUT2D eigenvalue weighted by atomic mass is 10.1. The van der Waals surface area contributed by atoms with Crippen molar-refractivity contribution in [1.82, 2.24) is 9.55 Å². The highest BCUT2D eigenvalue weighted by atomic mass is 15.3. The van der Waals surface area contributed by atoms with Crippen LogP contribution in [0.5, 0.6) is 0 Å². The van der Waals surface area contributed by atoms with Crippen LogP contribution in [-0.2, 0) is 7.05 Å². The number of nitrogens with zero attached hydrogens (tertiary/aromatic N) is 3. The Morgan fingerprint density at radius 1 is 1.41 bits per heavy atom. The summed E-state index contributed by atoms with van der Waals surface area (Å²) in [6.07, 6.45) is 3.75. The quantitative estimate of drug-likeness (QED) is 0.822. The molecule has 0 fully saturated rings. The Labute approximate surface area is 102 Å². The molecule has 1 unspecified atom stereocenters. The molecule has 1 aromatic heterocycles. The Morgan fingerprint density at radius 2 is 2.18 bits per heavy atom. The zero-order chi connectivity index (χ0) is 12.4. The van der Waals surface area contributed by atoms with Crippen LogP contribution in [0.25, 0.3) is 0 Å². The van der Waals surface area contributed by atoms with Crippen LogP contribution < -0.4 is 10.6 Å². The van der Waals surface area contributed by atoms with E-state index in [0.717, 1.165) is 11.6 Å². The third-order valence-corrected chi connectivity index (χ3v) is 3.09. The van der Waals surface area contributed by atoms with E-state index in [4.69, 9.17) is 5.73 Å². The van der Waals surface area contributed by atoms with Gasteiger partial charge in [0.05, 0.1) is 6.04 Å². The van der Waals surface area contributed by atoms with Gasteiger partial charge in [0.1, 0.15) is 0 Å². The summed E-state index contributed by atoms with van der Waals surface area (Å²) in [4.78, 5) is 6.48. The second-order valence-electron chi connectivity index (χ2n) is 4.30. The minimum Gasteiger partial charge on any atom is -0.399 e. The first-order valence-corrected chi connectivity index (χ1v) is 5.65. The first kappa shape index (κ1) is 11.5. The second kappa shape index (κ2) is 4.49. The molecule has 2 aromatic rings. The van der Waals surface area contributed by atoms with Crippen molar-refractivity contribution in [2.75, 3.05) is 17.7 Å². The summed E-state index contributed by atoms with van der Waals surface area (Å²) in [6, 6.07) is 8.20. The molecule has 1 aromatic carbocycles. The molecule has 17 heavy (non-hydrogen) atoms. The number of anilines is 2. The van der Waals surface area contributed by atoms with Crippen LogP contribution >= 0.6 is 0 Å². The van der Waals surface area contributed by atoms with Crippen LogP contribution in [0.15, 0.2) is 36.7 Å². The topological polar surface area (TPSA) is 47.1 Å². The largest absolute Gasteiger partial charge is 0.399 e. The monoisotopic (exact) mass is 230 g/mol. The average Bonchev–Trinajstić information content (AvgIpc) is 2.73. The van der Waals surface area contributed by atoms with Gasteiger partial charge >= 0.3 is 0 Å². The fraction of sp³-hybridized carbons (Fsp3) is 0.308.